The molecule has 112 valence electrons. The van der Waals surface area contributed by atoms with Crippen molar-refractivity contribution in [1.29, 1.82) is 0 Å². The van der Waals surface area contributed by atoms with Gasteiger partial charge in [0.2, 0.25) is 11.8 Å². The molecule has 2 rings (SSSR count). The van der Waals surface area contributed by atoms with Crippen molar-refractivity contribution >= 4 is 17.8 Å². The summed E-state index contributed by atoms with van der Waals surface area (Å²) in [6.45, 7) is 0.533. The highest BCUT2D eigenvalue weighted by Crippen LogP contribution is 2.28. The molecular formula is C14H22N2O4. The lowest BCUT2D eigenvalue weighted by Crippen LogP contribution is -2.34. The van der Waals surface area contributed by atoms with Crippen LogP contribution in [0, 0.1) is 11.8 Å². The lowest BCUT2D eigenvalue weighted by molar-refractivity contribution is -0.141. The fraction of sp³-hybridized carbons (Fsp3) is 0.786. The van der Waals surface area contributed by atoms with Gasteiger partial charge in [-0.3, -0.25) is 14.4 Å². The molecule has 20 heavy (non-hydrogen) atoms. The minimum atomic E-state index is -0.774. The number of rotatable bonds is 7. The van der Waals surface area contributed by atoms with Gasteiger partial charge in [0, 0.05) is 24.9 Å². The Kier molecular flexibility index (Phi) is 4.98. The van der Waals surface area contributed by atoms with Gasteiger partial charge in [-0.2, -0.15) is 0 Å². The Morgan fingerprint density at radius 3 is 2.35 bits per heavy atom. The van der Waals surface area contributed by atoms with Crippen LogP contribution in [0.25, 0.3) is 0 Å². The minimum Gasteiger partial charge on any atom is -0.481 e. The van der Waals surface area contributed by atoms with Crippen LogP contribution in [0.3, 0.4) is 0 Å². The number of carboxylic acids is 1. The van der Waals surface area contributed by atoms with Gasteiger partial charge in [0.15, 0.2) is 0 Å². The Morgan fingerprint density at radius 2 is 1.75 bits per heavy atom. The standard InChI is InChI=1S/C14H22N2O4/c17-12(2-1-7-15-13(18)9-3-4-9)16-11-6-5-10(8-11)14(19)20/h9-11H,1-8H2,(H,15,18)(H,16,17)(H,19,20)/t10-,11+/m0/s1. The molecule has 2 saturated carbocycles. The molecule has 2 aliphatic rings. The molecule has 0 aliphatic heterocycles. The zero-order valence-electron chi connectivity index (χ0n) is 11.6. The molecule has 0 aromatic rings. The molecule has 2 atom stereocenters. The van der Waals surface area contributed by atoms with Gasteiger partial charge in [0.05, 0.1) is 5.92 Å². The third-order valence-electron chi connectivity index (χ3n) is 3.97. The monoisotopic (exact) mass is 282 g/mol. The smallest absolute Gasteiger partial charge is 0.306 e. The summed E-state index contributed by atoms with van der Waals surface area (Å²) in [5.41, 5.74) is 0. The predicted octanol–water partition coefficient (Wildman–Crippen LogP) is 0.662. The number of hydrogen-bond donors (Lipinski definition) is 3. The van der Waals surface area contributed by atoms with E-state index in [-0.39, 0.29) is 29.7 Å². The summed E-state index contributed by atoms with van der Waals surface area (Å²) in [6, 6.07) is -0.00958. The molecule has 0 heterocycles. The molecule has 6 nitrogen and oxygen atoms in total. The molecule has 2 fully saturated rings. The Bertz CT molecular complexity index is 393. The third kappa shape index (κ3) is 4.51. The van der Waals surface area contributed by atoms with E-state index in [1.807, 2.05) is 0 Å². The lowest BCUT2D eigenvalue weighted by atomic mass is 10.1. The van der Waals surface area contributed by atoms with Crippen LogP contribution in [-0.4, -0.2) is 35.5 Å². The molecule has 0 aromatic heterocycles. The van der Waals surface area contributed by atoms with E-state index in [9.17, 15) is 14.4 Å². The molecule has 0 saturated heterocycles. The summed E-state index contributed by atoms with van der Waals surface area (Å²) >= 11 is 0. The molecular weight excluding hydrogens is 260 g/mol. The van der Waals surface area contributed by atoms with Gasteiger partial charge in [-0.15, -0.1) is 0 Å². The van der Waals surface area contributed by atoms with Crippen molar-refractivity contribution in [2.75, 3.05) is 6.54 Å². The SMILES string of the molecule is O=C(CCCNC(=O)C1CC1)N[C@@H]1CC[C@H](C(=O)O)C1. The van der Waals surface area contributed by atoms with Crippen molar-refractivity contribution in [3.63, 3.8) is 0 Å². The van der Waals surface area contributed by atoms with E-state index < -0.39 is 5.97 Å². The van der Waals surface area contributed by atoms with Crippen molar-refractivity contribution in [1.82, 2.24) is 10.6 Å². The Balaban J connectivity index is 1.54. The van der Waals surface area contributed by atoms with E-state index in [2.05, 4.69) is 10.6 Å². The molecule has 0 unspecified atom stereocenters. The van der Waals surface area contributed by atoms with Crippen molar-refractivity contribution in [2.45, 2.75) is 51.0 Å². The second kappa shape index (κ2) is 6.72. The van der Waals surface area contributed by atoms with Crippen LogP contribution in [0.2, 0.25) is 0 Å². The Morgan fingerprint density at radius 1 is 1.05 bits per heavy atom. The van der Waals surface area contributed by atoms with Crippen LogP contribution in [0.5, 0.6) is 0 Å². The second-order valence-electron chi connectivity index (χ2n) is 5.78. The Labute approximate surface area is 118 Å². The highest BCUT2D eigenvalue weighted by atomic mass is 16.4. The first-order chi connectivity index (χ1) is 9.56. The average molecular weight is 282 g/mol. The number of hydrogen-bond acceptors (Lipinski definition) is 3. The van der Waals surface area contributed by atoms with E-state index in [0.717, 1.165) is 19.3 Å². The maximum absolute atomic E-state index is 11.7. The summed E-state index contributed by atoms with van der Waals surface area (Å²) in [5.74, 6) is -0.842. The normalized spacial score (nSPS) is 25.2. The quantitative estimate of drug-likeness (QED) is 0.598. The average Bonchev–Trinajstić information content (AvgIpc) is 3.15. The van der Waals surface area contributed by atoms with Gasteiger partial charge >= 0.3 is 5.97 Å². The Hall–Kier alpha value is -1.59. The number of carbonyl (C=O) groups excluding carboxylic acids is 2. The van der Waals surface area contributed by atoms with Crippen molar-refractivity contribution < 1.29 is 19.5 Å². The molecule has 3 N–H and O–H groups in total. The van der Waals surface area contributed by atoms with Gasteiger partial charge in [0.1, 0.15) is 0 Å². The van der Waals surface area contributed by atoms with Gasteiger partial charge in [-0.25, -0.2) is 0 Å². The zero-order valence-corrected chi connectivity index (χ0v) is 11.6. The summed E-state index contributed by atoms with van der Waals surface area (Å²) in [6.07, 6.45) is 4.87. The molecule has 0 spiro atoms. The van der Waals surface area contributed by atoms with Crippen molar-refractivity contribution in [3.05, 3.63) is 0 Å². The van der Waals surface area contributed by atoms with E-state index in [0.29, 0.717) is 32.2 Å². The molecule has 6 heteroatoms. The fourth-order valence-corrected chi connectivity index (χ4v) is 2.59. The lowest BCUT2D eigenvalue weighted by Gasteiger charge is -2.12. The zero-order chi connectivity index (χ0) is 14.5. The summed E-state index contributed by atoms with van der Waals surface area (Å²) < 4.78 is 0. The van der Waals surface area contributed by atoms with Crippen LogP contribution < -0.4 is 10.6 Å². The van der Waals surface area contributed by atoms with E-state index in [4.69, 9.17) is 5.11 Å². The van der Waals surface area contributed by atoms with Gasteiger partial charge in [0.25, 0.3) is 0 Å². The topological polar surface area (TPSA) is 95.5 Å². The maximum atomic E-state index is 11.7. The third-order valence-corrected chi connectivity index (χ3v) is 3.97. The number of amides is 2. The second-order valence-corrected chi connectivity index (χ2v) is 5.78. The molecule has 0 aromatic carbocycles. The highest BCUT2D eigenvalue weighted by Gasteiger charge is 2.30. The van der Waals surface area contributed by atoms with Crippen LogP contribution in [-0.2, 0) is 14.4 Å². The first-order valence-corrected chi connectivity index (χ1v) is 7.36. The van der Waals surface area contributed by atoms with Crippen LogP contribution in [0.1, 0.15) is 44.9 Å². The fourth-order valence-electron chi connectivity index (χ4n) is 2.59. The first kappa shape index (κ1) is 14.8. The van der Waals surface area contributed by atoms with Gasteiger partial charge < -0.3 is 15.7 Å². The van der Waals surface area contributed by atoms with Crippen LogP contribution in [0.4, 0.5) is 0 Å². The van der Waals surface area contributed by atoms with Gasteiger partial charge in [-0.1, -0.05) is 0 Å². The predicted molar refractivity (Wildman–Crippen MR) is 71.9 cm³/mol. The minimum absolute atomic E-state index is 0.00958. The number of carbonyl (C=O) groups is 3. The first-order valence-electron chi connectivity index (χ1n) is 7.36. The van der Waals surface area contributed by atoms with Crippen LogP contribution in [0.15, 0.2) is 0 Å². The van der Waals surface area contributed by atoms with E-state index in [1.165, 1.54) is 0 Å². The van der Waals surface area contributed by atoms with E-state index >= 15 is 0 Å². The molecule has 2 aliphatic carbocycles. The maximum Gasteiger partial charge on any atom is 0.306 e. The number of nitrogens with one attached hydrogen (secondary N) is 2. The van der Waals surface area contributed by atoms with Gasteiger partial charge in [-0.05, 0) is 38.5 Å². The van der Waals surface area contributed by atoms with Crippen molar-refractivity contribution in [3.8, 4) is 0 Å². The van der Waals surface area contributed by atoms with Crippen molar-refractivity contribution in [2.24, 2.45) is 11.8 Å². The molecule has 0 bridgehead atoms. The summed E-state index contributed by atoms with van der Waals surface area (Å²) in [5, 5.41) is 14.6. The van der Waals surface area contributed by atoms with E-state index in [1.54, 1.807) is 0 Å². The number of carboxylic acid groups (broad SMARTS) is 1. The van der Waals surface area contributed by atoms with Crippen LogP contribution >= 0.6 is 0 Å². The summed E-state index contributed by atoms with van der Waals surface area (Å²) in [4.78, 5) is 33.9. The largest absolute Gasteiger partial charge is 0.481 e. The number of aliphatic carboxylic acids is 1. The summed E-state index contributed by atoms with van der Waals surface area (Å²) in [7, 11) is 0. The molecule has 0 radical (unpaired) electrons. The highest BCUT2D eigenvalue weighted by molar-refractivity contribution is 5.81. The molecule has 2 amide bonds.